The molecular formula is C14H20N2OS2. The lowest BCUT2D eigenvalue weighted by Crippen LogP contribution is -2.28. The first-order valence-electron chi connectivity index (χ1n) is 6.50. The van der Waals surface area contributed by atoms with Crippen LogP contribution in [0, 0.1) is 0 Å². The van der Waals surface area contributed by atoms with Gasteiger partial charge in [-0.2, -0.15) is 23.5 Å². The van der Waals surface area contributed by atoms with Gasteiger partial charge in [0.15, 0.2) is 0 Å². The molecule has 2 N–H and O–H groups in total. The number of anilines is 1. The number of benzene rings is 1. The Balaban J connectivity index is 1.71. The maximum atomic E-state index is 10.9. The molecule has 1 unspecified atom stereocenters. The summed E-state index contributed by atoms with van der Waals surface area (Å²) in [6, 6.07) is 8.01. The van der Waals surface area contributed by atoms with Gasteiger partial charge in [-0.15, -0.1) is 0 Å². The molecule has 1 aromatic carbocycles. The monoisotopic (exact) mass is 296 g/mol. The normalized spacial score (nSPS) is 19.1. The molecule has 0 aromatic heterocycles. The van der Waals surface area contributed by atoms with E-state index in [1.807, 2.05) is 12.1 Å². The highest BCUT2D eigenvalue weighted by atomic mass is 32.2. The Morgan fingerprint density at radius 3 is 2.74 bits per heavy atom. The van der Waals surface area contributed by atoms with E-state index >= 15 is 0 Å². The van der Waals surface area contributed by atoms with Crippen LogP contribution in [0.15, 0.2) is 24.3 Å². The second kappa shape index (κ2) is 7.82. The second-order valence-electron chi connectivity index (χ2n) is 4.58. The van der Waals surface area contributed by atoms with Gasteiger partial charge in [0.05, 0.1) is 0 Å². The Morgan fingerprint density at radius 1 is 1.32 bits per heavy atom. The Morgan fingerprint density at radius 2 is 2.11 bits per heavy atom. The fourth-order valence-corrected chi connectivity index (χ4v) is 4.59. The summed E-state index contributed by atoms with van der Waals surface area (Å²) >= 11 is 4.13. The van der Waals surface area contributed by atoms with E-state index < -0.39 is 0 Å². The molecule has 0 radical (unpaired) electrons. The molecule has 1 aliphatic heterocycles. The van der Waals surface area contributed by atoms with E-state index in [9.17, 15) is 4.79 Å². The number of hydrogen-bond acceptors (Lipinski definition) is 4. The quantitative estimate of drug-likeness (QED) is 0.876. The van der Waals surface area contributed by atoms with Gasteiger partial charge in [0, 0.05) is 48.2 Å². The van der Waals surface area contributed by atoms with Gasteiger partial charge < -0.3 is 10.6 Å². The molecule has 0 bridgehead atoms. The number of nitrogens with one attached hydrogen (secondary N) is 2. The molecule has 0 saturated carbocycles. The van der Waals surface area contributed by atoms with Crippen LogP contribution in [0.1, 0.15) is 12.5 Å². The van der Waals surface area contributed by atoms with E-state index in [1.54, 1.807) is 0 Å². The second-order valence-corrected chi connectivity index (χ2v) is 7.13. The first-order valence-corrected chi connectivity index (χ1v) is 8.71. The van der Waals surface area contributed by atoms with Crippen LogP contribution < -0.4 is 10.6 Å². The average Bonchev–Trinajstić information content (AvgIpc) is 2.41. The summed E-state index contributed by atoms with van der Waals surface area (Å²) in [5, 5.41) is 7.03. The fourth-order valence-electron chi connectivity index (χ4n) is 1.94. The van der Waals surface area contributed by atoms with Crippen LogP contribution >= 0.6 is 23.5 Å². The molecule has 0 spiro atoms. The van der Waals surface area contributed by atoms with E-state index in [-0.39, 0.29) is 5.91 Å². The van der Waals surface area contributed by atoms with E-state index in [0.717, 1.165) is 24.0 Å². The molecule has 19 heavy (non-hydrogen) atoms. The molecule has 104 valence electrons. The molecule has 3 nitrogen and oxygen atoms in total. The van der Waals surface area contributed by atoms with E-state index in [0.29, 0.717) is 0 Å². The minimum Gasteiger partial charge on any atom is -0.326 e. The smallest absolute Gasteiger partial charge is 0.221 e. The molecule has 1 aliphatic rings. The lowest BCUT2D eigenvalue weighted by Gasteiger charge is -2.21. The zero-order valence-electron chi connectivity index (χ0n) is 11.1. The lowest BCUT2D eigenvalue weighted by atomic mass is 10.2. The third-order valence-corrected chi connectivity index (χ3v) is 5.71. The molecule has 1 amide bonds. The maximum absolute atomic E-state index is 10.9. The van der Waals surface area contributed by atoms with Crippen molar-refractivity contribution in [1.29, 1.82) is 0 Å². The summed E-state index contributed by atoms with van der Waals surface area (Å²) in [5.74, 6) is 3.81. The Labute approximate surface area is 123 Å². The molecule has 1 heterocycles. The predicted molar refractivity (Wildman–Crippen MR) is 86.0 cm³/mol. The van der Waals surface area contributed by atoms with Crippen LogP contribution in [0.5, 0.6) is 0 Å². The minimum absolute atomic E-state index is 0.0299. The molecule has 2 rings (SSSR count). The highest BCUT2D eigenvalue weighted by molar-refractivity contribution is 8.06. The van der Waals surface area contributed by atoms with Crippen LogP contribution in [-0.2, 0) is 11.3 Å². The van der Waals surface area contributed by atoms with E-state index in [4.69, 9.17) is 0 Å². The van der Waals surface area contributed by atoms with Crippen molar-refractivity contribution < 1.29 is 4.79 Å². The van der Waals surface area contributed by atoms with Gasteiger partial charge >= 0.3 is 0 Å². The van der Waals surface area contributed by atoms with Crippen molar-refractivity contribution in [1.82, 2.24) is 5.32 Å². The third-order valence-electron chi connectivity index (χ3n) is 2.86. The van der Waals surface area contributed by atoms with Gasteiger partial charge in [0.1, 0.15) is 0 Å². The number of hydrogen-bond donors (Lipinski definition) is 2. The average molecular weight is 296 g/mol. The van der Waals surface area contributed by atoms with Crippen molar-refractivity contribution in [3.8, 4) is 0 Å². The SMILES string of the molecule is CC(=O)Nc1ccc(CNCC2CSCCS2)cc1. The minimum atomic E-state index is -0.0299. The van der Waals surface area contributed by atoms with Gasteiger partial charge in [-0.25, -0.2) is 0 Å². The maximum Gasteiger partial charge on any atom is 0.221 e. The molecule has 1 aromatic rings. The van der Waals surface area contributed by atoms with Crippen molar-refractivity contribution in [2.45, 2.75) is 18.7 Å². The summed E-state index contributed by atoms with van der Waals surface area (Å²) in [5.41, 5.74) is 2.11. The lowest BCUT2D eigenvalue weighted by molar-refractivity contribution is -0.114. The molecule has 1 saturated heterocycles. The molecule has 5 heteroatoms. The van der Waals surface area contributed by atoms with Gasteiger partial charge in [-0.3, -0.25) is 4.79 Å². The topological polar surface area (TPSA) is 41.1 Å². The van der Waals surface area contributed by atoms with Crippen molar-refractivity contribution in [2.75, 3.05) is 29.1 Å². The van der Waals surface area contributed by atoms with Crippen molar-refractivity contribution >= 4 is 35.1 Å². The van der Waals surface area contributed by atoms with Crippen molar-refractivity contribution in [3.05, 3.63) is 29.8 Å². The molecule has 0 aliphatic carbocycles. The van der Waals surface area contributed by atoms with Crippen LogP contribution in [0.2, 0.25) is 0 Å². The Kier molecular flexibility index (Phi) is 6.07. The van der Waals surface area contributed by atoms with E-state index in [1.165, 1.54) is 29.7 Å². The molecule has 1 fully saturated rings. The zero-order chi connectivity index (χ0) is 13.5. The van der Waals surface area contributed by atoms with Gasteiger partial charge in [0.25, 0.3) is 0 Å². The van der Waals surface area contributed by atoms with Crippen molar-refractivity contribution in [3.63, 3.8) is 0 Å². The summed E-state index contributed by atoms with van der Waals surface area (Å²) in [4.78, 5) is 10.9. The largest absolute Gasteiger partial charge is 0.326 e. The highest BCUT2D eigenvalue weighted by Crippen LogP contribution is 2.23. The zero-order valence-corrected chi connectivity index (χ0v) is 12.8. The van der Waals surface area contributed by atoms with Crippen LogP contribution in [0.3, 0.4) is 0 Å². The predicted octanol–water partition coefficient (Wildman–Crippen LogP) is 2.58. The molecule has 1 atom stereocenters. The summed E-state index contributed by atoms with van der Waals surface area (Å²) < 4.78 is 0. The van der Waals surface area contributed by atoms with Gasteiger partial charge in [-0.05, 0) is 17.7 Å². The number of amides is 1. The number of carbonyl (C=O) groups excluding carboxylic acids is 1. The first-order chi connectivity index (χ1) is 9.24. The van der Waals surface area contributed by atoms with Crippen molar-refractivity contribution in [2.24, 2.45) is 0 Å². The first kappa shape index (κ1) is 14.8. The van der Waals surface area contributed by atoms with Gasteiger partial charge in [0.2, 0.25) is 5.91 Å². The van der Waals surface area contributed by atoms with Gasteiger partial charge in [-0.1, -0.05) is 12.1 Å². The summed E-state index contributed by atoms with van der Waals surface area (Å²) in [6.07, 6.45) is 0. The fraction of sp³-hybridized carbons (Fsp3) is 0.500. The Hall–Kier alpha value is -0.650. The number of rotatable bonds is 5. The van der Waals surface area contributed by atoms with Crippen LogP contribution in [0.25, 0.3) is 0 Å². The standard InChI is InChI=1S/C14H20N2OS2/c1-11(17)16-13-4-2-12(3-5-13)8-15-9-14-10-18-6-7-19-14/h2-5,14-15H,6-10H2,1H3,(H,16,17). The van der Waals surface area contributed by atoms with Crippen LogP contribution in [0.4, 0.5) is 5.69 Å². The number of carbonyl (C=O) groups is 1. The Bertz CT molecular complexity index is 402. The van der Waals surface area contributed by atoms with E-state index in [2.05, 4.69) is 46.3 Å². The van der Waals surface area contributed by atoms with Crippen LogP contribution in [-0.4, -0.2) is 35.0 Å². The summed E-state index contributed by atoms with van der Waals surface area (Å²) in [7, 11) is 0. The highest BCUT2D eigenvalue weighted by Gasteiger charge is 2.13. The number of thioether (sulfide) groups is 2. The summed E-state index contributed by atoms with van der Waals surface area (Å²) in [6.45, 7) is 3.49. The third kappa shape index (κ3) is 5.47. The molecular weight excluding hydrogens is 276 g/mol.